The maximum Gasteiger partial charge on any atom is 0.0248 e. The lowest BCUT2D eigenvalue weighted by molar-refractivity contribution is 0.537. The fraction of sp³-hybridized carbons (Fsp3) is 0.500. The predicted octanol–water partition coefficient (Wildman–Crippen LogP) is 2.90. The van der Waals surface area contributed by atoms with Crippen LogP contribution in [0.1, 0.15) is 32.3 Å². The van der Waals surface area contributed by atoms with Crippen LogP contribution in [0.25, 0.3) is 0 Å². The van der Waals surface area contributed by atoms with Crippen molar-refractivity contribution >= 4 is 11.1 Å². The smallest absolute Gasteiger partial charge is 0.0248 e. The fourth-order valence-corrected chi connectivity index (χ4v) is 1.84. The molecular formula is C12H17O2S-. The van der Waals surface area contributed by atoms with E-state index < -0.39 is 11.1 Å². The molecule has 0 bridgehead atoms. The SMILES string of the molecule is CC(C)CCCc1ccc(S(=O)[O-])cc1. The summed E-state index contributed by atoms with van der Waals surface area (Å²) in [7, 11) is 0. The summed E-state index contributed by atoms with van der Waals surface area (Å²) in [4.78, 5) is 0.364. The molecule has 0 aromatic heterocycles. The molecule has 2 nitrogen and oxygen atoms in total. The van der Waals surface area contributed by atoms with E-state index in [4.69, 9.17) is 0 Å². The van der Waals surface area contributed by atoms with Gasteiger partial charge in [-0.05, 0) is 47.5 Å². The molecule has 1 unspecified atom stereocenters. The summed E-state index contributed by atoms with van der Waals surface area (Å²) in [6.45, 7) is 4.42. The minimum absolute atomic E-state index is 0.364. The third-order valence-electron chi connectivity index (χ3n) is 2.36. The Morgan fingerprint density at radius 2 is 1.87 bits per heavy atom. The molecule has 0 spiro atoms. The Morgan fingerprint density at radius 3 is 2.33 bits per heavy atom. The first-order valence-electron chi connectivity index (χ1n) is 5.28. The van der Waals surface area contributed by atoms with Crippen molar-refractivity contribution < 1.29 is 8.76 Å². The van der Waals surface area contributed by atoms with E-state index in [1.54, 1.807) is 12.1 Å². The highest BCUT2D eigenvalue weighted by Crippen LogP contribution is 2.12. The monoisotopic (exact) mass is 225 g/mol. The van der Waals surface area contributed by atoms with Gasteiger partial charge in [0.2, 0.25) is 0 Å². The molecule has 0 fully saturated rings. The molecule has 0 N–H and O–H groups in total. The molecule has 0 saturated heterocycles. The van der Waals surface area contributed by atoms with Crippen molar-refractivity contribution in [3.05, 3.63) is 29.8 Å². The second-order valence-corrected chi connectivity index (χ2v) is 5.11. The molecule has 0 aliphatic heterocycles. The zero-order valence-electron chi connectivity index (χ0n) is 9.23. The van der Waals surface area contributed by atoms with Gasteiger partial charge in [-0.25, -0.2) is 0 Å². The molecule has 1 aromatic rings. The van der Waals surface area contributed by atoms with Gasteiger partial charge in [-0.15, -0.1) is 0 Å². The zero-order valence-corrected chi connectivity index (χ0v) is 10.0. The van der Waals surface area contributed by atoms with Crippen LogP contribution < -0.4 is 0 Å². The van der Waals surface area contributed by atoms with E-state index in [9.17, 15) is 8.76 Å². The second kappa shape index (κ2) is 6.03. The molecule has 1 aromatic carbocycles. The summed E-state index contributed by atoms with van der Waals surface area (Å²) < 4.78 is 21.2. The van der Waals surface area contributed by atoms with Gasteiger partial charge in [0, 0.05) is 4.90 Å². The number of hydrogen-bond acceptors (Lipinski definition) is 2. The summed E-state index contributed by atoms with van der Waals surface area (Å²) in [5.74, 6) is 0.735. The van der Waals surface area contributed by atoms with Crippen LogP contribution in [0.4, 0.5) is 0 Å². The van der Waals surface area contributed by atoms with E-state index in [0.29, 0.717) is 4.90 Å². The minimum Gasteiger partial charge on any atom is -0.768 e. The molecule has 0 aliphatic rings. The molecule has 1 rings (SSSR count). The summed E-state index contributed by atoms with van der Waals surface area (Å²) in [6, 6.07) is 7.11. The Hall–Kier alpha value is -0.670. The second-order valence-electron chi connectivity index (χ2n) is 4.16. The van der Waals surface area contributed by atoms with Gasteiger partial charge < -0.3 is 4.55 Å². The minimum atomic E-state index is -2.10. The number of benzene rings is 1. The Balaban J connectivity index is 2.46. The van der Waals surface area contributed by atoms with Crippen molar-refractivity contribution in [1.82, 2.24) is 0 Å². The third-order valence-corrected chi connectivity index (χ3v) is 3.02. The van der Waals surface area contributed by atoms with Crippen LogP contribution in [0.15, 0.2) is 29.2 Å². The first-order valence-corrected chi connectivity index (χ1v) is 6.35. The average Bonchev–Trinajstić information content (AvgIpc) is 2.18. The maximum atomic E-state index is 10.6. The van der Waals surface area contributed by atoms with Crippen LogP contribution in [-0.2, 0) is 17.5 Å². The van der Waals surface area contributed by atoms with Crippen molar-refractivity contribution in [3.8, 4) is 0 Å². The van der Waals surface area contributed by atoms with Gasteiger partial charge >= 0.3 is 0 Å². The third kappa shape index (κ3) is 4.58. The molecular weight excluding hydrogens is 208 g/mol. The van der Waals surface area contributed by atoms with E-state index in [-0.39, 0.29) is 0 Å². The van der Waals surface area contributed by atoms with Crippen LogP contribution in [0.3, 0.4) is 0 Å². The van der Waals surface area contributed by atoms with Crippen molar-refractivity contribution in [1.29, 1.82) is 0 Å². The average molecular weight is 225 g/mol. The highest BCUT2D eigenvalue weighted by atomic mass is 32.2. The van der Waals surface area contributed by atoms with E-state index in [1.165, 1.54) is 12.0 Å². The Kier molecular flexibility index (Phi) is 4.99. The predicted molar refractivity (Wildman–Crippen MR) is 61.4 cm³/mol. The van der Waals surface area contributed by atoms with Gasteiger partial charge in [-0.3, -0.25) is 4.21 Å². The lowest BCUT2D eigenvalue weighted by atomic mass is 10.0. The van der Waals surface area contributed by atoms with E-state index in [0.717, 1.165) is 18.8 Å². The number of aryl methyl sites for hydroxylation is 1. The van der Waals surface area contributed by atoms with Crippen LogP contribution in [0.2, 0.25) is 0 Å². The lowest BCUT2D eigenvalue weighted by Crippen LogP contribution is -1.92. The Bertz CT molecular complexity index is 317. The van der Waals surface area contributed by atoms with E-state index >= 15 is 0 Å². The van der Waals surface area contributed by atoms with Gasteiger partial charge in [0.15, 0.2) is 0 Å². The molecule has 84 valence electrons. The van der Waals surface area contributed by atoms with E-state index in [2.05, 4.69) is 13.8 Å². The lowest BCUT2D eigenvalue weighted by Gasteiger charge is -2.07. The Labute approximate surface area is 94.0 Å². The van der Waals surface area contributed by atoms with Gasteiger partial charge in [0.25, 0.3) is 0 Å². The van der Waals surface area contributed by atoms with Crippen molar-refractivity contribution in [2.45, 2.75) is 38.0 Å². The highest BCUT2D eigenvalue weighted by Gasteiger charge is 1.97. The maximum absolute atomic E-state index is 10.6. The van der Waals surface area contributed by atoms with Crippen molar-refractivity contribution in [2.75, 3.05) is 0 Å². The molecule has 1 atom stereocenters. The summed E-state index contributed by atoms with van der Waals surface area (Å²) >= 11 is -2.10. The largest absolute Gasteiger partial charge is 0.768 e. The first-order chi connectivity index (χ1) is 7.09. The molecule has 3 heteroatoms. The molecule has 0 amide bonds. The quantitative estimate of drug-likeness (QED) is 0.723. The van der Waals surface area contributed by atoms with Crippen LogP contribution in [-0.4, -0.2) is 8.76 Å². The summed E-state index contributed by atoms with van der Waals surface area (Å²) in [5.41, 5.74) is 1.21. The van der Waals surface area contributed by atoms with Crippen molar-refractivity contribution in [3.63, 3.8) is 0 Å². The zero-order chi connectivity index (χ0) is 11.3. The summed E-state index contributed by atoms with van der Waals surface area (Å²) in [6.07, 6.45) is 3.41. The molecule has 0 aliphatic carbocycles. The summed E-state index contributed by atoms with van der Waals surface area (Å²) in [5, 5.41) is 0. The van der Waals surface area contributed by atoms with Crippen LogP contribution in [0.5, 0.6) is 0 Å². The molecule has 15 heavy (non-hydrogen) atoms. The van der Waals surface area contributed by atoms with Gasteiger partial charge in [0.1, 0.15) is 0 Å². The van der Waals surface area contributed by atoms with Crippen LogP contribution >= 0.6 is 0 Å². The van der Waals surface area contributed by atoms with Gasteiger partial charge in [-0.2, -0.15) is 0 Å². The number of rotatable bonds is 5. The van der Waals surface area contributed by atoms with Crippen molar-refractivity contribution in [2.24, 2.45) is 5.92 Å². The standard InChI is InChI=1S/C12H18O2S/c1-10(2)4-3-5-11-6-8-12(9-7-11)15(13)14/h6-10H,3-5H2,1-2H3,(H,13,14)/p-1. The normalized spacial score (nSPS) is 13.1. The van der Waals surface area contributed by atoms with Gasteiger partial charge in [0.05, 0.1) is 0 Å². The highest BCUT2D eigenvalue weighted by molar-refractivity contribution is 7.79. The van der Waals surface area contributed by atoms with Crippen LogP contribution in [0, 0.1) is 5.92 Å². The fourth-order valence-electron chi connectivity index (χ4n) is 1.48. The molecule has 0 heterocycles. The number of hydrogen-bond donors (Lipinski definition) is 0. The topological polar surface area (TPSA) is 40.1 Å². The van der Waals surface area contributed by atoms with Gasteiger partial charge in [-0.1, -0.05) is 32.4 Å². The first kappa shape index (κ1) is 12.4. The molecule has 0 saturated carbocycles. The molecule has 0 radical (unpaired) electrons. The Morgan fingerprint density at radius 1 is 1.27 bits per heavy atom. The van der Waals surface area contributed by atoms with E-state index in [1.807, 2.05) is 12.1 Å².